The number of benzene rings is 9. The molecule has 0 unspecified atom stereocenters. The third-order valence-corrected chi connectivity index (χ3v) is 12.6. The molecule has 0 spiro atoms. The molecule has 272 valence electrons. The van der Waals surface area contributed by atoms with E-state index in [9.17, 15) is 0 Å². The molecule has 0 bridgehead atoms. The molecule has 0 fully saturated rings. The summed E-state index contributed by atoms with van der Waals surface area (Å²) in [6.07, 6.45) is 0. The maximum atomic E-state index is 5.46. The molecule has 0 aliphatic carbocycles. The third kappa shape index (κ3) is 4.06. The van der Waals surface area contributed by atoms with Crippen molar-refractivity contribution in [2.24, 2.45) is 0 Å². The molecule has 0 N–H and O–H groups in total. The maximum Gasteiger partial charge on any atom is 0.221 e. The van der Waals surface area contributed by atoms with Gasteiger partial charge in [0.2, 0.25) is 5.95 Å². The quantitative estimate of drug-likeness (QED) is 0.165. The van der Waals surface area contributed by atoms with E-state index in [1.165, 1.54) is 48.7 Å². The lowest BCUT2D eigenvalue weighted by Crippen LogP contribution is -2.06. The summed E-state index contributed by atoms with van der Waals surface area (Å²) in [7, 11) is 0. The van der Waals surface area contributed by atoms with Crippen molar-refractivity contribution >= 4 is 109 Å². The van der Waals surface area contributed by atoms with Crippen molar-refractivity contribution in [3.8, 4) is 17.1 Å². The summed E-state index contributed by atoms with van der Waals surface area (Å²) in [6, 6.07) is 65.3. The van der Waals surface area contributed by atoms with Gasteiger partial charge in [-0.1, -0.05) is 127 Å². The first kappa shape index (κ1) is 31.0. The van der Waals surface area contributed by atoms with Crippen LogP contribution in [-0.4, -0.2) is 28.3 Å². The Hall–Kier alpha value is -8.09. The van der Waals surface area contributed by atoms with Crippen LogP contribution >= 0.6 is 0 Å². The van der Waals surface area contributed by atoms with Crippen LogP contribution < -0.4 is 0 Å². The third-order valence-electron chi connectivity index (χ3n) is 12.6. The van der Waals surface area contributed by atoms with E-state index in [0.29, 0.717) is 0 Å². The fourth-order valence-corrected chi connectivity index (χ4v) is 10.0. The molecular formula is C53H30N6. The summed E-state index contributed by atoms with van der Waals surface area (Å²) in [5.74, 6) is 0.816. The number of fused-ring (bicyclic) bond motifs is 20. The molecule has 0 amide bonds. The van der Waals surface area contributed by atoms with Crippen molar-refractivity contribution < 1.29 is 0 Å². The largest absolute Gasteiger partial charge is 0.292 e. The number of pyridine rings is 1. The van der Waals surface area contributed by atoms with Gasteiger partial charge in [-0.25, -0.2) is 15.0 Å². The van der Waals surface area contributed by atoms with E-state index in [-0.39, 0.29) is 0 Å². The highest BCUT2D eigenvalue weighted by Crippen LogP contribution is 2.44. The van der Waals surface area contributed by atoms with Crippen LogP contribution in [0.1, 0.15) is 0 Å². The summed E-state index contributed by atoms with van der Waals surface area (Å²) in [4.78, 5) is 16.0. The van der Waals surface area contributed by atoms with Crippen LogP contribution in [0.15, 0.2) is 182 Å². The highest BCUT2D eigenvalue weighted by atomic mass is 15.2. The second-order valence-electron chi connectivity index (χ2n) is 15.6. The predicted octanol–water partition coefficient (Wildman–Crippen LogP) is 13.2. The summed E-state index contributed by atoms with van der Waals surface area (Å²) in [5, 5.41) is 11.7. The minimum Gasteiger partial charge on any atom is -0.292 e. The Balaban J connectivity index is 1.12. The monoisotopic (exact) mass is 750 g/mol. The van der Waals surface area contributed by atoms with Gasteiger partial charge >= 0.3 is 0 Å². The van der Waals surface area contributed by atoms with E-state index in [0.717, 1.165) is 77.7 Å². The molecule has 0 aliphatic heterocycles. The number of imidazole rings is 2. The van der Waals surface area contributed by atoms with Crippen LogP contribution in [0.25, 0.3) is 126 Å². The summed E-state index contributed by atoms with van der Waals surface area (Å²) in [5.41, 5.74) is 12.5. The van der Waals surface area contributed by atoms with Crippen molar-refractivity contribution in [1.29, 1.82) is 0 Å². The molecule has 14 aromatic rings. The summed E-state index contributed by atoms with van der Waals surface area (Å²) < 4.78 is 6.98. The first-order chi connectivity index (χ1) is 29.3. The van der Waals surface area contributed by atoms with Crippen molar-refractivity contribution in [3.63, 3.8) is 0 Å². The molecule has 6 heteroatoms. The first-order valence-electron chi connectivity index (χ1n) is 20.0. The van der Waals surface area contributed by atoms with Gasteiger partial charge in [-0.3, -0.25) is 13.4 Å². The SMILES string of the molecule is c1ccc2c(c1)ccc1c3ccc(-c4cc5c6ccccc6n(-c6nc7ccccc7c7nc8ccccc8n67)c5c5ccccc45)cc3n3c4ccccc4nc3c21. The van der Waals surface area contributed by atoms with Crippen molar-refractivity contribution in [2.45, 2.75) is 0 Å². The first-order valence-corrected chi connectivity index (χ1v) is 20.0. The van der Waals surface area contributed by atoms with Gasteiger partial charge in [0.05, 0.1) is 44.1 Å². The molecule has 0 saturated carbocycles. The second-order valence-corrected chi connectivity index (χ2v) is 15.6. The van der Waals surface area contributed by atoms with Gasteiger partial charge in [0, 0.05) is 32.3 Å². The summed E-state index contributed by atoms with van der Waals surface area (Å²) in [6.45, 7) is 0. The van der Waals surface area contributed by atoms with Gasteiger partial charge < -0.3 is 0 Å². The van der Waals surface area contributed by atoms with E-state index in [1.54, 1.807) is 0 Å². The fourth-order valence-electron chi connectivity index (χ4n) is 10.0. The molecule has 6 nitrogen and oxygen atoms in total. The van der Waals surface area contributed by atoms with E-state index < -0.39 is 0 Å². The van der Waals surface area contributed by atoms with Crippen LogP contribution in [0.3, 0.4) is 0 Å². The normalized spacial score (nSPS) is 12.4. The minimum absolute atomic E-state index is 0.816. The van der Waals surface area contributed by atoms with Gasteiger partial charge in [0.25, 0.3) is 0 Å². The Bertz CT molecular complexity index is 4150. The van der Waals surface area contributed by atoms with Crippen molar-refractivity contribution in [2.75, 3.05) is 0 Å². The highest BCUT2D eigenvalue weighted by Gasteiger charge is 2.23. The van der Waals surface area contributed by atoms with Gasteiger partial charge in [-0.15, -0.1) is 0 Å². The number of aromatic nitrogens is 6. The zero-order chi connectivity index (χ0) is 38.3. The smallest absolute Gasteiger partial charge is 0.221 e. The van der Waals surface area contributed by atoms with Crippen LogP contribution in [0.4, 0.5) is 0 Å². The Morgan fingerprint density at radius 3 is 1.75 bits per heavy atom. The number of nitrogens with zero attached hydrogens (tertiary/aromatic N) is 6. The van der Waals surface area contributed by atoms with Crippen LogP contribution in [0, 0.1) is 0 Å². The van der Waals surface area contributed by atoms with E-state index in [1.807, 2.05) is 0 Å². The van der Waals surface area contributed by atoms with Gasteiger partial charge in [-0.2, -0.15) is 0 Å². The molecule has 59 heavy (non-hydrogen) atoms. The zero-order valence-electron chi connectivity index (χ0n) is 31.5. The predicted molar refractivity (Wildman–Crippen MR) is 244 cm³/mol. The van der Waals surface area contributed by atoms with E-state index >= 15 is 0 Å². The number of rotatable bonds is 2. The minimum atomic E-state index is 0.816. The van der Waals surface area contributed by atoms with E-state index in [2.05, 4.69) is 195 Å². The van der Waals surface area contributed by atoms with Crippen LogP contribution in [0.5, 0.6) is 0 Å². The molecule has 0 radical (unpaired) electrons. The molecule has 0 aliphatic rings. The van der Waals surface area contributed by atoms with Gasteiger partial charge in [0.15, 0.2) is 0 Å². The topological polar surface area (TPSA) is 52.4 Å². The van der Waals surface area contributed by atoms with Gasteiger partial charge in [-0.05, 0) is 87.3 Å². The number of hydrogen-bond acceptors (Lipinski definition) is 3. The molecule has 5 heterocycles. The number of para-hydroxylation sites is 6. The van der Waals surface area contributed by atoms with Crippen molar-refractivity contribution in [3.05, 3.63) is 182 Å². The fraction of sp³-hybridized carbons (Fsp3) is 0. The Morgan fingerprint density at radius 1 is 0.339 bits per heavy atom. The molecule has 9 aromatic carbocycles. The van der Waals surface area contributed by atoms with Gasteiger partial charge in [0.1, 0.15) is 11.3 Å². The average Bonchev–Trinajstić information content (AvgIpc) is 3.99. The molecule has 0 saturated heterocycles. The van der Waals surface area contributed by atoms with Crippen molar-refractivity contribution in [1.82, 2.24) is 28.3 Å². The Kier molecular flexibility index (Phi) is 5.93. The molecular weight excluding hydrogens is 721 g/mol. The van der Waals surface area contributed by atoms with Crippen LogP contribution in [0.2, 0.25) is 0 Å². The lowest BCUT2D eigenvalue weighted by molar-refractivity contribution is 0.982. The molecule has 5 aromatic heterocycles. The number of hydrogen-bond donors (Lipinski definition) is 0. The lowest BCUT2D eigenvalue weighted by Gasteiger charge is -2.16. The Morgan fingerprint density at radius 2 is 0.932 bits per heavy atom. The second kappa shape index (κ2) is 11.3. The lowest BCUT2D eigenvalue weighted by atomic mass is 9.93. The molecule has 14 rings (SSSR count). The maximum absolute atomic E-state index is 5.46. The zero-order valence-corrected chi connectivity index (χ0v) is 31.5. The van der Waals surface area contributed by atoms with E-state index in [4.69, 9.17) is 15.0 Å². The standard InChI is InChI=1S/C53H30N6/c1-2-14-33-31(13-1)25-28-37-36-27-26-32(29-48(36)57-46-23-11-8-20-43(46)55-52(57)49(33)37)40-30-41-35-16-6-10-22-45(35)58(50(41)38-17-4-3-15-34(38)40)53-56-42-19-7-5-18-39(42)51-54-44-21-9-12-24-47(44)59(51)53/h1-30H. The highest BCUT2D eigenvalue weighted by molar-refractivity contribution is 6.25. The Labute approximate surface area is 335 Å². The summed E-state index contributed by atoms with van der Waals surface area (Å²) >= 11 is 0. The molecule has 0 atom stereocenters. The average molecular weight is 751 g/mol. The van der Waals surface area contributed by atoms with Crippen LogP contribution in [-0.2, 0) is 0 Å².